The van der Waals surface area contributed by atoms with Crippen molar-refractivity contribution in [3.63, 3.8) is 0 Å². The maximum atomic E-state index is 8.63. The zero-order chi connectivity index (χ0) is 13.8. The van der Waals surface area contributed by atoms with Crippen LogP contribution >= 0.6 is 15.9 Å². The molecule has 0 atom stereocenters. The molecule has 1 aromatic carbocycles. The van der Waals surface area contributed by atoms with E-state index in [-0.39, 0.29) is 11.0 Å². The highest BCUT2D eigenvalue weighted by Crippen LogP contribution is 2.30. The number of allylic oxidation sites excluding steroid dienone is 1. The first kappa shape index (κ1) is 14.3. The van der Waals surface area contributed by atoms with Crippen molar-refractivity contribution in [3.05, 3.63) is 40.0 Å². The average Bonchev–Trinajstić information content (AvgIpc) is 2.30. The van der Waals surface area contributed by atoms with E-state index in [2.05, 4.69) is 42.0 Å². The van der Waals surface area contributed by atoms with Crippen molar-refractivity contribution >= 4 is 21.6 Å². The van der Waals surface area contributed by atoms with E-state index < -0.39 is 0 Å². The SMILES string of the molecule is CC(C)(C)c1ccc(NC=C(C#N)C#N)c(Br)c1. The van der Waals surface area contributed by atoms with Crippen LogP contribution in [-0.4, -0.2) is 0 Å². The summed E-state index contributed by atoms with van der Waals surface area (Å²) in [5, 5.41) is 20.2. The third-order valence-corrected chi connectivity index (χ3v) is 3.10. The molecule has 18 heavy (non-hydrogen) atoms. The van der Waals surface area contributed by atoms with E-state index in [1.165, 1.54) is 11.8 Å². The molecular weight excluding hydrogens is 290 g/mol. The molecule has 3 nitrogen and oxygen atoms in total. The lowest BCUT2D eigenvalue weighted by atomic mass is 9.87. The monoisotopic (exact) mass is 303 g/mol. The predicted octanol–water partition coefficient (Wildman–Crippen LogP) is 4.09. The molecule has 1 N–H and O–H groups in total. The number of hydrogen-bond donors (Lipinski definition) is 1. The molecule has 0 saturated carbocycles. The van der Waals surface area contributed by atoms with Gasteiger partial charge in [0.25, 0.3) is 0 Å². The standard InChI is InChI=1S/C14H14BrN3/c1-14(2,3)11-4-5-13(12(15)6-11)18-9-10(7-16)8-17/h4-6,9,18H,1-3H3. The fourth-order valence-corrected chi connectivity index (χ4v) is 1.83. The first-order valence-electron chi connectivity index (χ1n) is 5.45. The zero-order valence-electron chi connectivity index (χ0n) is 10.6. The number of anilines is 1. The summed E-state index contributed by atoms with van der Waals surface area (Å²) in [5.41, 5.74) is 2.17. The Balaban J connectivity index is 2.99. The van der Waals surface area contributed by atoms with Crippen molar-refractivity contribution < 1.29 is 0 Å². The molecule has 0 amide bonds. The Bertz CT molecular complexity index is 538. The van der Waals surface area contributed by atoms with E-state index in [0.29, 0.717) is 0 Å². The van der Waals surface area contributed by atoms with Gasteiger partial charge in [-0.2, -0.15) is 10.5 Å². The summed E-state index contributed by atoms with van der Waals surface area (Å²) in [7, 11) is 0. The molecule has 0 aliphatic heterocycles. The van der Waals surface area contributed by atoms with Gasteiger partial charge >= 0.3 is 0 Å². The lowest BCUT2D eigenvalue weighted by molar-refractivity contribution is 0.590. The van der Waals surface area contributed by atoms with Crippen molar-refractivity contribution in [1.29, 1.82) is 10.5 Å². The summed E-state index contributed by atoms with van der Waals surface area (Å²) in [6.45, 7) is 6.43. The third-order valence-electron chi connectivity index (χ3n) is 2.45. The number of nitrogens with one attached hydrogen (secondary N) is 1. The summed E-state index contributed by atoms with van der Waals surface area (Å²) in [4.78, 5) is 0. The fraction of sp³-hybridized carbons (Fsp3) is 0.286. The van der Waals surface area contributed by atoms with Gasteiger partial charge < -0.3 is 5.32 Å². The second kappa shape index (κ2) is 5.71. The molecule has 0 heterocycles. The normalized spacial score (nSPS) is 10.1. The molecular formula is C14H14BrN3. The first-order valence-corrected chi connectivity index (χ1v) is 6.24. The lowest BCUT2D eigenvalue weighted by Crippen LogP contribution is -2.11. The van der Waals surface area contributed by atoms with Crippen LogP contribution in [0.3, 0.4) is 0 Å². The molecule has 1 aromatic rings. The van der Waals surface area contributed by atoms with E-state index in [0.717, 1.165) is 10.2 Å². The van der Waals surface area contributed by atoms with Gasteiger partial charge in [0.05, 0.1) is 5.69 Å². The highest BCUT2D eigenvalue weighted by atomic mass is 79.9. The number of rotatable bonds is 2. The van der Waals surface area contributed by atoms with Crippen LogP contribution in [-0.2, 0) is 5.41 Å². The Hall–Kier alpha value is -1.78. The Morgan fingerprint density at radius 2 is 1.89 bits per heavy atom. The molecule has 0 aliphatic carbocycles. The minimum Gasteiger partial charge on any atom is -0.359 e. The van der Waals surface area contributed by atoms with E-state index in [1.54, 1.807) is 12.1 Å². The summed E-state index contributed by atoms with van der Waals surface area (Å²) in [6, 6.07) is 9.59. The van der Waals surface area contributed by atoms with Gasteiger partial charge in [-0.25, -0.2) is 0 Å². The van der Waals surface area contributed by atoms with Crippen LogP contribution in [0.4, 0.5) is 5.69 Å². The number of benzene rings is 1. The maximum absolute atomic E-state index is 8.63. The fourth-order valence-electron chi connectivity index (χ4n) is 1.34. The van der Waals surface area contributed by atoms with Crippen molar-refractivity contribution in [3.8, 4) is 12.1 Å². The number of nitrogens with zero attached hydrogens (tertiary/aromatic N) is 2. The van der Waals surface area contributed by atoms with E-state index in [1.807, 2.05) is 18.2 Å². The van der Waals surface area contributed by atoms with Gasteiger partial charge in [-0.05, 0) is 39.0 Å². The van der Waals surface area contributed by atoms with Gasteiger partial charge in [0.1, 0.15) is 17.7 Å². The van der Waals surface area contributed by atoms with Gasteiger partial charge in [-0.15, -0.1) is 0 Å². The van der Waals surface area contributed by atoms with Crippen LogP contribution in [0.1, 0.15) is 26.3 Å². The van der Waals surface area contributed by atoms with Crippen molar-refractivity contribution in [2.24, 2.45) is 0 Å². The van der Waals surface area contributed by atoms with Crippen molar-refractivity contribution in [2.75, 3.05) is 5.32 Å². The third kappa shape index (κ3) is 3.61. The van der Waals surface area contributed by atoms with Gasteiger partial charge in [0.15, 0.2) is 0 Å². The van der Waals surface area contributed by atoms with Crippen LogP contribution in [0.15, 0.2) is 34.4 Å². The topological polar surface area (TPSA) is 59.6 Å². The Kier molecular flexibility index (Phi) is 4.53. The van der Waals surface area contributed by atoms with Gasteiger partial charge in [0, 0.05) is 10.7 Å². The van der Waals surface area contributed by atoms with Gasteiger partial charge in [-0.1, -0.05) is 26.8 Å². The Morgan fingerprint density at radius 3 is 2.33 bits per heavy atom. The summed E-state index contributed by atoms with van der Waals surface area (Å²) >= 11 is 3.48. The van der Waals surface area contributed by atoms with Gasteiger partial charge in [-0.3, -0.25) is 0 Å². The minimum absolute atomic E-state index is 0.0433. The smallest absolute Gasteiger partial charge is 0.145 e. The number of nitriles is 2. The molecule has 0 bridgehead atoms. The second-order valence-corrected chi connectivity index (χ2v) is 5.72. The van der Waals surface area contributed by atoms with Gasteiger partial charge in [0.2, 0.25) is 0 Å². The maximum Gasteiger partial charge on any atom is 0.145 e. The molecule has 0 aromatic heterocycles. The molecule has 0 unspecified atom stereocenters. The van der Waals surface area contributed by atoms with Crippen molar-refractivity contribution in [2.45, 2.75) is 26.2 Å². The highest BCUT2D eigenvalue weighted by molar-refractivity contribution is 9.10. The Morgan fingerprint density at radius 1 is 1.28 bits per heavy atom. The van der Waals surface area contributed by atoms with Crippen LogP contribution in [0.5, 0.6) is 0 Å². The minimum atomic E-state index is 0.0433. The highest BCUT2D eigenvalue weighted by Gasteiger charge is 2.14. The van der Waals surface area contributed by atoms with Crippen LogP contribution in [0, 0.1) is 22.7 Å². The second-order valence-electron chi connectivity index (χ2n) is 4.87. The lowest BCUT2D eigenvalue weighted by Gasteiger charge is -2.20. The van der Waals surface area contributed by atoms with E-state index >= 15 is 0 Å². The van der Waals surface area contributed by atoms with Crippen molar-refractivity contribution in [1.82, 2.24) is 0 Å². The molecule has 0 spiro atoms. The molecule has 0 aliphatic rings. The number of halogens is 1. The average molecular weight is 304 g/mol. The molecule has 4 heteroatoms. The van der Waals surface area contributed by atoms with Crippen LogP contribution < -0.4 is 5.32 Å². The first-order chi connectivity index (χ1) is 8.38. The summed E-state index contributed by atoms with van der Waals surface area (Å²) in [6.07, 6.45) is 1.40. The molecule has 0 fully saturated rings. The zero-order valence-corrected chi connectivity index (χ0v) is 12.2. The summed E-state index contributed by atoms with van der Waals surface area (Å²) in [5.74, 6) is 0. The largest absolute Gasteiger partial charge is 0.359 e. The number of hydrogen-bond acceptors (Lipinski definition) is 3. The van der Waals surface area contributed by atoms with Crippen LogP contribution in [0.2, 0.25) is 0 Å². The van der Waals surface area contributed by atoms with E-state index in [4.69, 9.17) is 10.5 Å². The summed E-state index contributed by atoms with van der Waals surface area (Å²) < 4.78 is 0.904. The van der Waals surface area contributed by atoms with Crippen LogP contribution in [0.25, 0.3) is 0 Å². The Labute approximate surface area is 116 Å². The molecule has 92 valence electrons. The quantitative estimate of drug-likeness (QED) is 0.837. The van der Waals surface area contributed by atoms with E-state index in [9.17, 15) is 0 Å². The molecule has 0 radical (unpaired) electrons. The predicted molar refractivity (Wildman–Crippen MR) is 75.8 cm³/mol. The molecule has 1 rings (SSSR count). The molecule has 0 saturated heterocycles.